The molecule has 0 heterocycles. The lowest BCUT2D eigenvalue weighted by Crippen LogP contribution is -1.83. The first-order valence-electron chi connectivity index (χ1n) is 5.26. The van der Waals surface area contributed by atoms with Crippen molar-refractivity contribution in [3.05, 3.63) is 35.9 Å². The van der Waals surface area contributed by atoms with E-state index in [4.69, 9.17) is 0 Å². The number of phenols is 1. The summed E-state index contributed by atoms with van der Waals surface area (Å²) < 4.78 is 0. The molecule has 0 fully saturated rings. The normalized spacial score (nSPS) is 11.7. The van der Waals surface area contributed by atoms with Gasteiger partial charge in [-0.15, -0.1) is 0 Å². The minimum Gasteiger partial charge on any atom is -0.508 e. The van der Waals surface area contributed by atoms with Gasteiger partial charge in [-0.25, -0.2) is 0 Å². The van der Waals surface area contributed by atoms with Crippen LogP contribution in [0.5, 0.6) is 5.75 Å². The fraction of sp³-hybridized carbons (Fsp3) is 0.385. The maximum Gasteiger partial charge on any atom is 0.115 e. The van der Waals surface area contributed by atoms with Gasteiger partial charge in [0.05, 0.1) is 0 Å². The molecular weight excluding hydrogens is 172 g/mol. The Hall–Kier alpha value is -1.24. The third-order valence-electron chi connectivity index (χ3n) is 2.21. The van der Waals surface area contributed by atoms with Crippen molar-refractivity contribution in [3.63, 3.8) is 0 Å². The molecule has 0 bridgehead atoms. The SMILES string of the molecule is CCC=C(CCC)c1ccc(O)cc1. The van der Waals surface area contributed by atoms with Gasteiger partial charge in [-0.1, -0.05) is 38.5 Å². The predicted molar refractivity (Wildman–Crippen MR) is 61.3 cm³/mol. The number of aromatic hydroxyl groups is 1. The Morgan fingerprint density at radius 3 is 2.36 bits per heavy atom. The van der Waals surface area contributed by atoms with Gasteiger partial charge in [0, 0.05) is 0 Å². The minimum absolute atomic E-state index is 0.334. The van der Waals surface area contributed by atoms with E-state index in [-0.39, 0.29) is 0 Å². The molecule has 0 aliphatic heterocycles. The summed E-state index contributed by atoms with van der Waals surface area (Å²) in [6.07, 6.45) is 5.59. The fourth-order valence-electron chi connectivity index (χ4n) is 1.56. The molecule has 0 saturated carbocycles. The highest BCUT2D eigenvalue weighted by Gasteiger charge is 1.99. The van der Waals surface area contributed by atoms with Crippen LogP contribution in [0.15, 0.2) is 30.3 Å². The topological polar surface area (TPSA) is 20.2 Å². The lowest BCUT2D eigenvalue weighted by molar-refractivity contribution is 0.475. The van der Waals surface area contributed by atoms with E-state index in [1.54, 1.807) is 12.1 Å². The molecule has 76 valence electrons. The zero-order valence-corrected chi connectivity index (χ0v) is 8.96. The van der Waals surface area contributed by atoms with Crippen LogP contribution >= 0.6 is 0 Å². The van der Waals surface area contributed by atoms with Crippen LogP contribution in [0.3, 0.4) is 0 Å². The first-order chi connectivity index (χ1) is 6.77. The largest absolute Gasteiger partial charge is 0.508 e. The molecule has 14 heavy (non-hydrogen) atoms. The summed E-state index contributed by atoms with van der Waals surface area (Å²) in [7, 11) is 0. The van der Waals surface area contributed by atoms with Crippen molar-refractivity contribution in [1.29, 1.82) is 0 Å². The van der Waals surface area contributed by atoms with E-state index < -0.39 is 0 Å². The smallest absolute Gasteiger partial charge is 0.115 e. The summed E-state index contributed by atoms with van der Waals surface area (Å²) in [5, 5.41) is 9.18. The van der Waals surface area contributed by atoms with Crippen molar-refractivity contribution in [2.75, 3.05) is 0 Å². The van der Waals surface area contributed by atoms with E-state index in [0.29, 0.717) is 5.75 Å². The first-order valence-corrected chi connectivity index (χ1v) is 5.26. The molecule has 0 saturated heterocycles. The Labute approximate surface area is 86.1 Å². The maximum atomic E-state index is 9.18. The van der Waals surface area contributed by atoms with Gasteiger partial charge in [-0.05, 0) is 36.1 Å². The third-order valence-corrected chi connectivity index (χ3v) is 2.21. The van der Waals surface area contributed by atoms with Crippen molar-refractivity contribution in [2.45, 2.75) is 33.1 Å². The van der Waals surface area contributed by atoms with Crippen molar-refractivity contribution >= 4 is 5.57 Å². The van der Waals surface area contributed by atoms with E-state index >= 15 is 0 Å². The van der Waals surface area contributed by atoms with E-state index in [2.05, 4.69) is 19.9 Å². The standard InChI is InChI=1S/C13H18O/c1-3-5-11(6-4-2)12-7-9-13(14)10-8-12/h5,7-10,14H,3-4,6H2,1-2H3. The van der Waals surface area contributed by atoms with Gasteiger partial charge in [0.15, 0.2) is 0 Å². The van der Waals surface area contributed by atoms with Gasteiger partial charge < -0.3 is 5.11 Å². The molecule has 0 atom stereocenters. The zero-order chi connectivity index (χ0) is 10.4. The monoisotopic (exact) mass is 190 g/mol. The second kappa shape index (κ2) is 5.48. The highest BCUT2D eigenvalue weighted by molar-refractivity contribution is 5.65. The van der Waals surface area contributed by atoms with E-state index in [0.717, 1.165) is 19.3 Å². The van der Waals surface area contributed by atoms with Crippen molar-refractivity contribution < 1.29 is 5.11 Å². The fourth-order valence-corrected chi connectivity index (χ4v) is 1.56. The molecule has 1 heteroatoms. The van der Waals surface area contributed by atoms with Crippen LogP contribution in [0.4, 0.5) is 0 Å². The van der Waals surface area contributed by atoms with Gasteiger partial charge >= 0.3 is 0 Å². The maximum absolute atomic E-state index is 9.18. The van der Waals surface area contributed by atoms with Crippen molar-refractivity contribution in [2.24, 2.45) is 0 Å². The molecule has 1 nitrogen and oxygen atoms in total. The Kier molecular flexibility index (Phi) is 4.24. The summed E-state index contributed by atoms with van der Waals surface area (Å²) in [5.41, 5.74) is 2.61. The van der Waals surface area contributed by atoms with E-state index in [1.165, 1.54) is 11.1 Å². The lowest BCUT2D eigenvalue weighted by Gasteiger charge is -2.06. The molecule has 1 rings (SSSR count). The Morgan fingerprint density at radius 1 is 1.21 bits per heavy atom. The van der Waals surface area contributed by atoms with Crippen LogP contribution in [0.2, 0.25) is 0 Å². The molecular formula is C13H18O. The number of hydrogen-bond donors (Lipinski definition) is 1. The molecule has 1 aromatic rings. The molecule has 1 N–H and O–H groups in total. The van der Waals surface area contributed by atoms with Crippen LogP contribution in [-0.2, 0) is 0 Å². The van der Waals surface area contributed by atoms with Crippen molar-refractivity contribution in [3.8, 4) is 5.75 Å². The number of phenolic OH excluding ortho intramolecular Hbond substituents is 1. The van der Waals surface area contributed by atoms with E-state index in [1.807, 2.05) is 12.1 Å². The first kappa shape index (κ1) is 10.8. The minimum atomic E-state index is 0.334. The van der Waals surface area contributed by atoms with Crippen LogP contribution in [-0.4, -0.2) is 5.11 Å². The average molecular weight is 190 g/mol. The highest BCUT2D eigenvalue weighted by atomic mass is 16.3. The Bertz CT molecular complexity index is 296. The Balaban J connectivity index is 2.88. The number of hydrogen-bond acceptors (Lipinski definition) is 1. The molecule has 0 amide bonds. The van der Waals surface area contributed by atoms with Crippen LogP contribution in [0.1, 0.15) is 38.7 Å². The molecule has 0 aliphatic rings. The zero-order valence-electron chi connectivity index (χ0n) is 8.96. The van der Waals surface area contributed by atoms with Gasteiger partial charge in [-0.3, -0.25) is 0 Å². The molecule has 0 spiro atoms. The van der Waals surface area contributed by atoms with Crippen LogP contribution in [0.25, 0.3) is 5.57 Å². The van der Waals surface area contributed by atoms with Crippen molar-refractivity contribution in [1.82, 2.24) is 0 Å². The van der Waals surface area contributed by atoms with Gasteiger partial charge in [0.25, 0.3) is 0 Å². The number of allylic oxidation sites excluding steroid dienone is 2. The number of rotatable bonds is 4. The summed E-state index contributed by atoms with van der Waals surface area (Å²) >= 11 is 0. The van der Waals surface area contributed by atoms with Gasteiger partial charge in [-0.2, -0.15) is 0 Å². The van der Waals surface area contributed by atoms with Gasteiger partial charge in [0.1, 0.15) is 5.75 Å². The van der Waals surface area contributed by atoms with Crippen LogP contribution < -0.4 is 0 Å². The third kappa shape index (κ3) is 2.91. The molecule has 1 aromatic carbocycles. The quantitative estimate of drug-likeness (QED) is 0.761. The second-order valence-corrected chi connectivity index (χ2v) is 3.43. The second-order valence-electron chi connectivity index (χ2n) is 3.43. The van der Waals surface area contributed by atoms with Crippen LogP contribution in [0, 0.1) is 0 Å². The predicted octanol–water partition coefficient (Wildman–Crippen LogP) is 3.99. The van der Waals surface area contributed by atoms with E-state index in [9.17, 15) is 5.11 Å². The number of benzene rings is 1. The highest BCUT2D eigenvalue weighted by Crippen LogP contribution is 2.22. The average Bonchev–Trinajstić information content (AvgIpc) is 2.19. The lowest BCUT2D eigenvalue weighted by atomic mass is 10.0. The molecule has 0 radical (unpaired) electrons. The molecule has 0 aliphatic carbocycles. The summed E-state index contributed by atoms with van der Waals surface area (Å²) in [6, 6.07) is 7.45. The van der Waals surface area contributed by atoms with Gasteiger partial charge in [0.2, 0.25) is 0 Å². The summed E-state index contributed by atoms with van der Waals surface area (Å²) in [6.45, 7) is 4.33. The summed E-state index contributed by atoms with van der Waals surface area (Å²) in [4.78, 5) is 0. The molecule has 0 unspecified atom stereocenters. The molecule has 0 aromatic heterocycles. The Morgan fingerprint density at radius 2 is 1.86 bits per heavy atom. The summed E-state index contributed by atoms with van der Waals surface area (Å²) in [5.74, 6) is 0.334.